The molecule has 0 aromatic heterocycles. The van der Waals surface area contributed by atoms with E-state index < -0.39 is 0 Å². The molecule has 0 spiro atoms. The zero-order valence-corrected chi connectivity index (χ0v) is 10.9. The van der Waals surface area contributed by atoms with Gasteiger partial charge in [0.2, 0.25) is 0 Å². The lowest BCUT2D eigenvalue weighted by Gasteiger charge is -2.39. The zero-order valence-electron chi connectivity index (χ0n) is 10.9. The Morgan fingerprint density at radius 2 is 1.94 bits per heavy atom. The Bertz CT molecular complexity index is 255. The minimum absolute atomic E-state index is 0.108. The van der Waals surface area contributed by atoms with Gasteiger partial charge in [-0.25, -0.2) is 0 Å². The van der Waals surface area contributed by atoms with Crippen LogP contribution in [0.5, 0.6) is 0 Å². The van der Waals surface area contributed by atoms with Gasteiger partial charge in [0.05, 0.1) is 13.5 Å². The van der Waals surface area contributed by atoms with Crippen molar-refractivity contribution in [2.24, 2.45) is 11.8 Å². The van der Waals surface area contributed by atoms with Crippen molar-refractivity contribution in [1.29, 1.82) is 0 Å². The van der Waals surface area contributed by atoms with Crippen molar-refractivity contribution in [3.8, 4) is 0 Å². The first-order chi connectivity index (χ1) is 8.29. The fraction of sp³-hybridized carbons (Fsp3) is 0.929. The summed E-state index contributed by atoms with van der Waals surface area (Å²) in [7, 11) is 1.45. The summed E-state index contributed by atoms with van der Waals surface area (Å²) in [5.74, 6) is 1.85. The van der Waals surface area contributed by atoms with Crippen LogP contribution in [0.3, 0.4) is 0 Å². The van der Waals surface area contributed by atoms with Gasteiger partial charge in [0.25, 0.3) is 0 Å². The Kier molecular flexibility index (Phi) is 4.84. The molecule has 2 rings (SSSR count). The van der Waals surface area contributed by atoms with Crippen LogP contribution in [0.4, 0.5) is 0 Å². The number of methoxy groups -OCH3 is 1. The van der Waals surface area contributed by atoms with Crippen molar-refractivity contribution in [3.05, 3.63) is 0 Å². The molecule has 1 N–H and O–H groups in total. The predicted molar refractivity (Wildman–Crippen MR) is 67.7 cm³/mol. The molecule has 2 saturated carbocycles. The summed E-state index contributed by atoms with van der Waals surface area (Å²) in [5.41, 5.74) is 0. The van der Waals surface area contributed by atoms with Crippen molar-refractivity contribution in [2.75, 3.05) is 13.7 Å². The fourth-order valence-electron chi connectivity index (χ4n) is 3.54. The van der Waals surface area contributed by atoms with Crippen molar-refractivity contribution in [2.45, 2.75) is 57.4 Å². The predicted octanol–water partition coefficient (Wildman–Crippen LogP) is 2.50. The summed E-state index contributed by atoms with van der Waals surface area (Å²) in [6.45, 7) is 0.773. The molecule has 3 unspecified atom stereocenters. The highest BCUT2D eigenvalue weighted by Gasteiger charge is 2.31. The second-order valence-corrected chi connectivity index (χ2v) is 5.59. The third-order valence-electron chi connectivity index (χ3n) is 4.53. The molecule has 0 aromatic rings. The number of carbonyl (C=O) groups excluding carboxylic acids is 1. The van der Waals surface area contributed by atoms with Gasteiger partial charge in [0.15, 0.2) is 0 Å². The quantitative estimate of drug-likeness (QED) is 0.766. The van der Waals surface area contributed by atoms with E-state index in [4.69, 9.17) is 0 Å². The summed E-state index contributed by atoms with van der Waals surface area (Å²) in [6.07, 6.45) is 10.3. The monoisotopic (exact) mass is 239 g/mol. The van der Waals surface area contributed by atoms with E-state index in [0.717, 1.165) is 18.4 Å². The van der Waals surface area contributed by atoms with Crippen LogP contribution in [-0.4, -0.2) is 25.7 Å². The first-order valence-electron chi connectivity index (χ1n) is 7.10. The average molecular weight is 239 g/mol. The standard InChI is InChI=1S/C14H25NO2/c1-17-14(16)8-9-15-13-7-6-11-4-2-3-5-12(11)10-13/h11-13,15H,2-10H2,1H3. The molecule has 2 aliphatic rings. The van der Waals surface area contributed by atoms with Crippen LogP contribution in [-0.2, 0) is 9.53 Å². The smallest absolute Gasteiger partial charge is 0.306 e. The topological polar surface area (TPSA) is 38.3 Å². The van der Waals surface area contributed by atoms with Crippen LogP contribution in [0.2, 0.25) is 0 Å². The average Bonchev–Trinajstić information content (AvgIpc) is 2.38. The Hall–Kier alpha value is -0.570. The van der Waals surface area contributed by atoms with E-state index in [0.29, 0.717) is 12.5 Å². The van der Waals surface area contributed by atoms with Gasteiger partial charge in [-0.05, 0) is 31.1 Å². The molecule has 2 aliphatic carbocycles. The van der Waals surface area contributed by atoms with Gasteiger partial charge in [-0.2, -0.15) is 0 Å². The van der Waals surface area contributed by atoms with Crippen molar-refractivity contribution < 1.29 is 9.53 Å². The Morgan fingerprint density at radius 1 is 1.18 bits per heavy atom. The number of ether oxygens (including phenoxy) is 1. The first-order valence-corrected chi connectivity index (χ1v) is 7.10. The van der Waals surface area contributed by atoms with Crippen LogP contribution in [0, 0.1) is 11.8 Å². The minimum atomic E-state index is -0.108. The maximum atomic E-state index is 11.0. The lowest BCUT2D eigenvalue weighted by molar-refractivity contribution is -0.140. The van der Waals surface area contributed by atoms with Crippen molar-refractivity contribution in [1.82, 2.24) is 5.32 Å². The molecule has 98 valence electrons. The van der Waals surface area contributed by atoms with E-state index in [9.17, 15) is 4.79 Å². The number of rotatable bonds is 4. The number of esters is 1. The third-order valence-corrected chi connectivity index (χ3v) is 4.53. The lowest BCUT2D eigenvalue weighted by Crippen LogP contribution is -2.39. The zero-order chi connectivity index (χ0) is 12.1. The maximum absolute atomic E-state index is 11.0. The molecule has 0 aromatic carbocycles. The fourth-order valence-corrected chi connectivity index (χ4v) is 3.54. The normalized spacial score (nSPS) is 32.9. The maximum Gasteiger partial charge on any atom is 0.306 e. The first kappa shape index (κ1) is 12.9. The van der Waals surface area contributed by atoms with E-state index in [1.165, 1.54) is 52.1 Å². The largest absolute Gasteiger partial charge is 0.469 e. The molecule has 0 saturated heterocycles. The summed E-state index contributed by atoms with van der Waals surface area (Å²) >= 11 is 0. The molecule has 0 bridgehead atoms. The van der Waals surface area contributed by atoms with Gasteiger partial charge < -0.3 is 10.1 Å². The molecular formula is C14H25NO2. The second kappa shape index (κ2) is 6.39. The van der Waals surface area contributed by atoms with Gasteiger partial charge in [0, 0.05) is 12.6 Å². The van der Waals surface area contributed by atoms with Gasteiger partial charge in [-0.15, -0.1) is 0 Å². The highest BCUT2D eigenvalue weighted by atomic mass is 16.5. The molecule has 3 heteroatoms. The number of hydrogen-bond donors (Lipinski definition) is 1. The van der Waals surface area contributed by atoms with Crippen molar-refractivity contribution >= 4 is 5.97 Å². The summed E-state index contributed by atoms with van der Waals surface area (Å²) in [5, 5.41) is 3.52. The van der Waals surface area contributed by atoms with Crippen molar-refractivity contribution in [3.63, 3.8) is 0 Å². The number of nitrogens with one attached hydrogen (secondary N) is 1. The van der Waals surface area contributed by atoms with Crippen LogP contribution >= 0.6 is 0 Å². The Balaban J connectivity index is 1.67. The second-order valence-electron chi connectivity index (χ2n) is 5.59. The van der Waals surface area contributed by atoms with Gasteiger partial charge >= 0.3 is 5.97 Å². The van der Waals surface area contributed by atoms with Crippen LogP contribution in [0.25, 0.3) is 0 Å². The van der Waals surface area contributed by atoms with Gasteiger partial charge in [0.1, 0.15) is 0 Å². The molecule has 0 heterocycles. The molecule has 3 nitrogen and oxygen atoms in total. The molecule has 0 amide bonds. The lowest BCUT2D eigenvalue weighted by atomic mass is 9.69. The van der Waals surface area contributed by atoms with E-state index in [-0.39, 0.29) is 5.97 Å². The van der Waals surface area contributed by atoms with E-state index >= 15 is 0 Å². The highest BCUT2D eigenvalue weighted by molar-refractivity contribution is 5.69. The van der Waals surface area contributed by atoms with Crippen LogP contribution < -0.4 is 5.32 Å². The van der Waals surface area contributed by atoms with Crippen LogP contribution in [0.1, 0.15) is 51.4 Å². The van der Waals surface area contributed by atoms with Gasteiger partial charge in [-0.1, -0.05) is 25.7 Å². The number of hydrogen-bond acceptors (Lipinski definition) is 3. The molecule has 0 radical (unpaired) electrons. The minimum Gasteiger partial charge on any atom is -0.469 e. The summed E-state index contributed by atoms with van der Waals surface area (Å²) < 4.78 is 4.65. The van der Waals surface area contributed by atoms with E-state index in [1.807, 2.05) is 0 Å². The third kappa shape index (κ3) is 3.70. The number of carbonyl (C=O) groups is 1. The molecule has 17 heavy (non-hydrogen) atoms. The van der Waals surface area contributed by atoms with E-state index in [2.05, 4.69) is 10.1 Å². The highest BCUT2D eigenvalue weighted by Crippen LogP contribution is 2.40. The van der Waals surface area contributed by atoms with Gasteiger partial charge in [-0.3, -0.25) is 4.79 Å². The Morgan fingerprint density at radius 3 is 2.71 bits per heavy atom. The molecule has 0 aliphatic heterocycles. The summed E-state index contributed by atoms with van der Waals surface area (Å²) in [4.78, 5) is 11.0. The summed E-state index contributed by atoms with van der Waals surface area (Å²) in [6, 6.07) is 0.638. The SMILES string of the molecule is COC(=O)CCNC1CCC2CCCCC2C1. The van der Waals surface area contributed by atoms with E-state index in [1.54, 1.807) is 0 Å². The number of fused-ring (bicyclic) bond motifs is 1. The van der Waals surface area contributed by atoms with Crippen LogP contribution in [0.15, 0.2) is 0 Å². The Labute approximate surface area is 104 Å². The molecule has 3 atom stereocenters. The molecule has 2 fully saturated rings. The molecular weight excluding hydrogens is 214 g/mol.